The molecular weight excluding hydrogens is 342 g/mol. The van der Waals surface area contributed by atoms with Crippen LogP contribution in [0.15, 0.2) is 42.5 Å². The molecule has 2 aromatic rings. The number of anilines is 1. The number of carbonyl (C=O) groups is 2. The number of rotatable bonds is 8. The summed E-state index contributed by atoms with van der Waals surface area (Å²) in [7, 11) is 0. The van der Waals surface area contributed by atoms with Crippen LogP contribution in [0.3, 0.4) is 0 Å². The van der Waals surface area contributed by atoms with E-state index in [0.717, 1.165) is 12.8 Å². The number of halogens is 1. The molecule has 0 bridgehead atoms. The van der Waals surface area contributed by atoms with Crippen LogP contribution in [0.1, 0.15) is 35.7 Å². The summed E-state index contributed by atoms with van der Waals surface area (Å²) in [4.78, 5) is 23.2. The first-order chi connectivity index (χ1) is 12.0. The molecule has 0 saturated carbocycles. The number of amides is 1. The number of unbranched alkanes of at least 4 members (excludes halogenated alkanes) is 1. The van der Waals surface area contributed by atoms with E-state index in [1.54, 1.807) is 42.5 Å². The average molecular weight is 362 g/mol. The molecule has 0 spiro atoms. The van der Waals surface area contributed by atoms with Crippen molar-refractivity contribution in [2.75, 3.05) is 11.9 Å². The van der Waals surface area contributed by atoms with Gasteiger partial charge in [-0.05, 0) is 42.3 Å². The second kappa shape index (κ2) is 9.08. The van der Waals surface area contributed by atoms with Crippen LogP contribution in [-0.4, -0.2) is 23.6 Å². The Morgan fingerprint density at radius 2 is 1.88 bits per heavy atom. The van der Waals surface area contributed by atoms with Crippen LogP contribution < -0.4 is 10.1 Å². The predicted octanol–water partition coefficient (Wildman–Crippen LogP) is 4.40. The molecule has 2 N–H and O–H groups in total. The van der Waals surface area contributed by atoms with E-state index in [2.05, 4.69) is 12.2 Å². The number of carbonyl (C=O) groups excluding carboxylic acids is 1. The summed E-state index contributed by atoms with van der Waals surface area (Å²) < 4.78 is 5.67. The lowest BCUT2D eigenvalue weighted by Gasteiger charge is -2.12. The van der Waals surface area contributed by atoms with Crippen LogP contribution in [-0.2, 0) is 11.2 Å². The number of benzene rings is 2. The molecule has 0 atom stereocenters. The van der Waals surface area contributed by atoms with Crippen molar-refractivity contribution in [3.63, 3.8) is 0 Å². The fourth-order valence-electron chi connectivity index (χ4n) is 2.21. The van der Waals surface area contributed by atoms with Crippen LogP contribution in [0.5, 0.6) is 5.75 Å². The lowest BCUT2D eigenvalue weighted by molar-refractivity contribution is -0.136. The Hall–Kier alpha value is -2.53. The first kappa shape index (κ1) is 18.8. The molecule has 0 aliphatic heterocycles. The van der Waals surface area contributed by atoms with E-state index in [4.69, 9.17) is 21.4 Å². The fourth-order valence-corrected chi connectivity index (χ4v) is 2.38. The van der Waals surface area contributed by atoms with Gasteiger partial charge in [0, 0.05) is 10.7 Å². The first-order valence-electron chi connectivity index (χ1n) is 8.04. The molecule has 6 heteroatoms. The van der Waals surface area contributed by atoms with Gasteiger partial charge in [0.2, 0.25) is 0 Å². The summed E-state index contributed by atoms with van der Waals surface area (Å²) >= 11 is 6.00. The van der Waals surface area contributed by atoms with Gasteiger partial charge in [-0.15, -0.1) is 0 Å². The Morgan fingerprint density at radius 1 is 1.16 bits per heavy atom. The molecule has 0 fully saturated rings. The van der Waals surface area contributed by atoms with Crippen molar-refractivity contribution in [1.29, 1.82) is 0 Å². The minimum Gasteiger partial charge on any atom is -0.493 e. The number of aliphatic carboxylic acids is 1. The van der Waals surface area contributed by atoms with Gasteiger partial charge in [0.15, 0.2) is 0 Å². The van der Waals surface area contributed by atoms with Crippen molar-refractivity contribution in [2.24, 2.45) is 0 Å². The molecule has 25 heavy (non-hydrogen) atoms. The van der Waals surface area contributed by atoms with Crippen molar-refractivity contribution in [3.05, 3.63) is 58.6 Å². The van der Waals surface area contributed by atoms with Gasteiger partial charge in [-0.1, -0.05) is 37.1 Å². The lowest BCUT2D eigenvalue weighted by atomic mass is 10.1. The van der Waals surface area contributed by atoms with Crippen molar-refractivity contribution in [3.8, 4) is 5.75 Å². The van der Waals surface area contributed by atoms with E-state index in [-0.39, 0.29) is 12.3 Å². The van der Waals surface area contributed by atoms with Crippen LogP contribution in [0, 0.1) is 0 Å². The maximum absolute atomic E-state index is 12.5. The van der Waals surface area contributed by atoms with Crippen LogP contribution in [0.25, 0.3) is 0 Å². The second-order valence-corrected chi connectivity index (χ2v) is 6.00. The van der Waals surface area contributed by atoms with Gasteiger partial charge < -0.3 is 15.2 Å². The molecule has 2 rings (SSSR count). The highest BCUT2D eigenvalue weighted by Gasteiger charge is 2.14. The molecule has 132 valence electrons. The van der Waals surface area contributed by atoms with Crippen molar-refractivity contribution >= 4 is 29.2 Å². The Morgan fingerprint density at radius 3 is 2.52 bits per heavy atom. The minimum atomic E-state index is -0.899. The van der Waals surface area contributed by atoms with Gasteiger partial charge in [-0.2, -0.15) is 0 Å². The van der Waals surface area contributed by atoms with Crippen molar-refractivity contribution in [1.82, 2.24) is 0 Å². The van der Waals surface area contributed by atoms with Crippen LogP contribution in [0.2, 0.25) is 5.02 Å². The molecule has 0 unspecified atom stereocenters. The average Bonchev–Trinajstić information content (AvgIpc) is 2.57. The maximum Gasteiger partial charge on any atom is 0.307 e. The molecule has 1 amide bonds. The summed E-state index contributed by atoms with van der Waals surface area (Å²) in [6, 6.07) is 11.6. The fraction of sp³-hybridized carbons (Fsp3) is 0.263. The van der Waals surface area contributed by atoms with E-state index >= 15 is 0 Å². The zero-order valence-electron chi connectivity index (χ0n) is 13.9. The third kappa shape index (κ3) is 5.80. The monoisotopic (exact) mass is 361 g/mol. The Bertz CT molecular complexity index is 744. The molecule has 0 saturated heterocycles. The third-order valence-corrected chi connectivity index (χ3v) is 3.74. The zero-order valence-corrected chi connectivity index (χ0v) is 14.7. The highest BCUT2D eigenvalue weighted by molar-refractivity contribution is 6.31. The summed E-state index contributed by atoms with van der Waals surface area (Å²) in [5.74, 6) is -0.748. The van der Waals surface area contributed by atoms with Crippen molar-refractivity contribution in [2.45, 2.75) is 26.2 Å². The Kier molecular flexibility index (Phi) is 6.83. The molecule has 5 nitrogen and oxygen atoms in total. The summed E-state index contributed by atoms with van der Waals surface area (Å²) in [6.45, 7) is 2.59. The van der Waals surface area contributed by atoms with E-state index in [0.29, 0.717) is 34.2 Å². The topological polar surface area (TPSA) is 75.6 Å². The molecule has 0 aliphatic carbocycles. The molecule has 0 heterocycles. The number of nitrogens with one attached hydrogen (secondary N) is 1. The molecule has 2 aromatic carbocycles. The summed E-state index contributed by atoms with van der Waals surface area (Å²) in [6.07, 6.45) is 1.84. The highest BCUT2D eigenvalue weighted by atomic mass is 35.5. The number of carboxylic acid groups (broad SMARTS) is 1. The Balaban J connectivity index is 2.11. The largest absolute Gasteiger partial charge is 0.493 e. The van der Waals surface area contributed by atoms with Crippen LogP contribution >= 0.6 is 11.6 Å². The quantitative estimate of drug-likeness (QED) is 0.683. The number of hydrogen-bond acceptors (Lipinski definition) is 3. The van der Waals surface area contributed by atoms with E-state index in [1.807, 2.05) is 0 Å². The van der Waals surface area contributed by atoms with Gasteiger partial charge in [0.05, 0.1) is 18.6 Å². The SMILES string of the molecule is CCCCOc1ccc(Cl)cc1C(=O)Nc1ccc(CC(=O)O)cc1. The lowest BCUT2D eigenvalue weighted by Crippen LogP contribution is -2.14. The van der Waals surface area contributed by atoms with E-state index in [1.165, 1.54) is 0 Å². The van der Waals surface area contributed by atoms with E-state index in [9.17, 15) is 9.59 Å². The van der Waals surface area contributed by atoms with Gasteiger partial charge >= 0.3 is 5.97 Å². The first-order valence-corrected chi connectivity index (χ1v) is 8.42. The normalized spacial score (nSPS) is 10.3. The van der Waals surface area contributed by atoms with Gasteiger partial charge in [0.1, 0.15) is 5.75 Å². The molecule has 0 aromatic heterocycles. The minimum absolute atomic E-state index is 0.0576. The maximum atomic E-state index is 12.5. The van der Waals surface area contributed by atoms with E-state index < -0.39 is 5.97 Å². The smallest absolute Gasteiger partial charge is 0.307 e. The summed E-state index contributed by atoms with van der Waals surface area (Å²) in [5.41, 5.74) is 1.59. The number of hydrogen-bond donors (Lipinski definition) is 2. The molecule has 0 radical (unpaired) electrons. The highest BCUT2D eigenvalue weighted by Crippen LogP contribution is 2.24. The van der Waals surface area contributed by atoms with Crippen LogP contribution in [0.4, 0.5) is 5.69 Å². The van der Waals surface area contributed by atoms with Crippen molar-refractivity contribution < 1.29 is 19.4 Å². The molecule has 0 aliphatic rings. The third-order valence-electron chi connectivity index (χ3n) is 3.51. The summed E-state index contributed by atoms with van der Waals surface area (Å²) in [5, 5.41) is 12.0. The number of ether oxygens (including phenoxy) is 1. The van der Waals surface area contributed by atoms with Gasteiger partial charge in [0.25, 0.3) is 5.91 Å². The Labute approximate surface area is 151 Å². The predicted molar refractivity (Wildman–Crippen MR) is 97.6 cm³/mol. The standard InChI is InChI=1S/C19H20ClNO4/c1-2-3-10-25-17-9-6-14(20)12-16(17)19(24)21-15-7-4-13(5-8-15)11-18(22)23/h4-9,12H,2-3,10-11H2,1H3,(H,21,24)(H,22,23). The second-order valence-electron chi connectivity index (χ2n) is 5.56. The van der Waals surface area contributed by atoms with Gasteiger partial charge in [-0.25, -0.2) is 0 Å². The van der Waals surface area contributed by atoms with Gasteiger partial charge in [-0.3, -0.25) is 9.59 Å². The zero-order chi connectivity index (χ0) is 18.2. The molecular formula is C19H20ClNO4. The number of carboxylic acids is 1.